The number of benzene rings is 1. The zero-order valence-electron chi connectivity index (χ0n) is 11.3. The lowest BCUT2D eigenvalue weighted by Crippen LogP contribution is -2.17. The van der Waals surface area contributed by atoms with Gasteiger partial charge >= 0.3 is 6.36 Å². The number of halogens is 3. The predicted molar refractivity (Wildman–Crippen MR) is 72.6 cm³/mol. The first-order chi connectivity index (χ1) is 9.89. The highest BCUT2D eigenvalue weighted by molar-refractivity contribution is 5.65. The second-order valence-corrected chi connectivity index (χ2v) is 4.40. The fourth-order valence-corrected chi connectivity index (χ4v) is 1.89. The average molecular weight is 297 g/mol. The van der Waals surface area contributed by atoms with E-state index in [1.54, 1.807) is 12.1 Å². The van der Waals surface area contributed by atoms with Crippen LogP contribution in [0.15, 0.2) is 30.3 Å². The van der Waals surface area contributed by atoms with Crippen molar-refractivity contribution in [3.8, 4) is 17.1 Å². The average Bonchev–Trinajstić information content (AvgIpc) is 2.37. The van der Waals surface area contributed by atoms with Gasteiger partial charge < -0.3 is 10.5 Å². The van der Waals surface area contributed by atoms with Gasteiger partial charge in [0.05, 0.1) is 5.56 Å². The Morgan fingerprint density at radius 1 is 1.19 bits per heavy atom. The Hall–Kier alpha value is -2.31. The van der Waals surface area contributed by atoms with Gasteiger partial charge in [0.25, 0.3) is 0 Å². The van der Waals surface area contributed by atoms with E-state index in [-0.39, 0.29) is 23.0 Å². The Morgan fingerprint density at radius 2 is 1.90 bits per heavy atom. The van der Waals surface area contributed by atoms with Crippen molar-refractivity contribution in [2.75, 3.05) is 5.73 Å². The number of aryl methyl sites for hydroxylation is 1. The topological polar surface area (TPSA) is 61.0 Å². The lowest BCUT2D eigenvalue weighted by molar-refractivity contribution is -0.274. The van der Waals surface area contributed by atoms with Crippen LogP contribution in [-0.4, -0.2) is 16.3 Å². The van der Waals surface area contributed by atoms with E-state index >= 15 is 0 Å². The van der Waals surface area contributed by atoms with Crippen LogP contribution >= 0.6 is 0 Å². The first-order valence-corrected chi connectivity index (χ1v) is 6.37. The molecule has 0 fully saturated rings. The third-order valence-corrected chi connectivity index (χ3v) is 2.66. The summed E-state index contributed by atoms with van der Waals surface area (Å²) in [6, 6.07) is 7.33. The third kappa shape index (κ3) is 4.08. The molecule has 0 spiro atoms. The zero-order chi connectivity index (χ0) is 15.5. The standard InChI is InChI=1S/C14H14F3N3O/c1-2-5-9-8-12(18)20-13(19-9)10-6-3-4-7-11(10)21-14(15,16)17/h3-4,6-8H,2,5H2,1H3,(H2,18,19,20). The molecule has 1 aromatic heterocycles. The summed E-state index contributed by atoms with van der Waals surface area (Å²) >= 11 is 0. The summed E-state index contributed by atoms with van der Waals surface area (Å²) in [4.78, 5) is 8.24. The molecule has 2 aromatic rings. The lowest BCUT2D eigenvalue weighted by Gasteiger charge is -2.13. The van der Waals surface area contributed by atoms with Crippen LogP contribution in [-0.2, 0) is 6.42 Å². The summed E-state index contributed by atoms with van der Waals surface area (Å²) in [6.45, 7) is 1.97. The fraction of sp³-hybridized carbons (Fsp3) is 0.286. The van der Waals surface area contributed by atoms with Gasteiger partial charge in [-0.3, -0.25) is 0 Å². The molecule has 0 bridgehead atoms. The number of nitrogens with zero attached hydrogens (tertiary/aromatic N) is 2. The quantitative estimate of drug-likeness (QED) is 0.937. The number of hydrogen-bond acceptors (Lipinski definition) is 4. The monoisotopic (exact) mass is 297 g/mol. The Labute approximate surface area is 119 Å². The normalized spacial score (nSPS) is 11.4. The van der Waals surface area contributed by atoms with E-state index in [4.69, 9.17) is 5.73 Å². The molecule has 1 heterocycles. The highest BCUT2D eigenvalue weighted by atomic mass is 19.4. The molecule has 1 aromatic carbocycles. The minimum Gasteiger partial charge on any atom is -0.405 e. The maximum atomic E-state index is 12.4. The summed E-state index contributed by atoms with van der Waals surface area (Å²) in [6.07, 6.45) is -3.26. The second-order valence-electron chi connectivity index (χ2n) is 4.40. The minimum absolute atomic E-state index is 0.123. The van der Waals surface area contributed by atoms with Gasteiger partial charge in [0.1, 0.15) is 11.6 Å². The Bertz CT molecular complexity index is 629. The highest BCUT2D eigenvalue weighted by Gasteiger charge is 2.32. The molecule has 0 saturated heterocycles. The first-order valence-electron chi connectivity index (χ1n) is 6.37. The molecule has 0 aliphatic carbocycles. The van der Waals surface area contributed by atoms with Gasteiger partial charge in [0, 0.05) is 11.8 Å². The van der Waals surface area contributed by atoms with Gasteiger partial charge in [0.15, 0.2) is 5.82 Å². The Balaban J connectivity index is 2.46. The smallest absolute Gasteiger partial charge is 0.405 e. The van der Waals surface area contributed by atoms with Gasteiger partial charge in [0.2, 0.25) is 0 Å². The molecule has 2 rings (SSSR count). The first kappa shape index (κ1) is 15.1. The van der Waals surface area contributed by atoms with Crippen molar-refractivity contribution in [1.82, 2.24) is 9.97 Å². The molecular formula is C14H14F3N3O. The van der Waals surface area contributed by atoms with E-state index in [2.05, 4.69) is 14.7 Å². The Morgan fingerprint density at radius 3 is 2.57 bits per heavy atom. The number of hydrogen-bond donors (Lipinski definition) is 1. The van der Waals surface area contributed by atoms with Gasteiger partial charge in [-0.25, -0.2) is 9.97 Å². The van der Waals surface area contributed by atoms with Crippen LogP contribution in [0, 0.1) is 0 Å². The number of nitrogen functional groups attached to an aromatic ring is 1. The van der Waals surface area contributed by atoms with Crippen molar-refractivity contribution in [3.63, 3.8) is 0 Å². The van der Waals surface area contributed by atoms with Crippen LogP contribution in [0.3, 0.4) is 0 Å². The molecule has 112 valence electrons. The van der Waals surface area contributed by atoms with Gasteiger partial charge in [-0.15, -0.1) is 13.2 Å². The maximum absolute atomic E-state index is 12.4. The third-order valence-electron chi connectivity index (χ3n) is 2.66. The number of alkyl halides is 3. The SMILES string of the molecule is CCCc1cc(N)nc(-c2ccccc2OC(F)(F)F)n1. The fourth-order valence-electron chi connectivity index (χ4n) is 1.89. The molecule has 0 unspecified atom stereocenters. The predicted octanol–water partition coefficient (Wildman–Crippen LogP) is 3.58. The minimum atomic E-state index is -4.78. The van der Waals surface area contributed by atoms with E-state index < -0.39 is 6.36 Å². The van der Waals surface area contributed by atoms with Crippen LogP contribution in [0.1, 0.15) is 19.0 Å². The zero-order valence-corrected chi connectivity index (χ0v) is 11.3. The second kappa shape index (κ2) is 5.99. The van der Waals surface area contributed by atoms with E-state index in [1.165, 1.54) is 18.2 Å². The number of aromatic nitrogens is 2. The summed E-state index contributed by atoms with van der Waals surface area (Å²) in [5.41, 5.74) is 6.52. The van der Waals surface area contributed by atoms with Crippen molar-refractivity contribution in [1.29, 1.82) is 0 Å². The molecular weight excluding hydrogens is 283 g/mol. The van der Waals surface area contributed by atoms with Crippen LogP contribution < -0.4 is 10.5 Å². The number of ether oxygens (including phenoxy) is 1. The van der Waals surface area contributed by atoms with E-state index in [0.29, 0.717) is 12.1 Å². The maximum Gasteiger partial charge on any atom is 0.573 e. The summed E-state index contributed by atoms with van der Waals surface area (Å²) < 4.78 is 41.3. The summed E-state index contributed by atoms with van der Waals surface area (Å²) in [5.74, 6) is -0.0124. The van der Waals surface area contributed by atoms with E-state index in [9.17, 15) is 13.2 Å². The number of para-hydroxylation sites is 1. The molecule has 0 aliphatic rings. The summed E-state index contributed by atoms with van der Waals surface area (Å²) in [7, 11) is 0. The molecule has 0 amide bonds. The molecule has 0 saturated carbocycles. The van der Waals surface area contributed by atoms with Crippen LogP contribution in [0.2, 0.25) is 0 Å². The highest BCUT2D eigenvalue weighted by Crippen LogP contribution is 2.32. The van der Waals surface area contributed by atoms with Crippen molar-refractivity contribution in [2.24, 2.45) is 0 Å². The van der Waals surface area contributed by atoms with Crippen LogP contribution in [0.4, 0.5) is 19.0 Å². The van der Waals surface area contributed by atoms with Crippen molar-refractivity contribution in [2.45, 2.75) is 26.1 Å². The largest absolute Gasteiger partial charge is 0.573 e. The molecule has 0 aliphatic heterocycles. The van der Waals surface area contributed by atoms with E-state index in [1.807, 2.05) is 6.92 Å². The van der Waals surface area contributed by atoms with Crippen LogP contribution in [0.25, 0.3) is 11.4 Å². The molecule has 2 N–H and O–H groups in total. The van der Waals surface area contributed by atoms with Crippen molar-refractivity contribution in [3.05, 3.63) is 36.0 Å². The van der Waals surface area contributed by atoms with Gasteiger partial charge in [-0.2, -0.15) is 0 Å². The lowest BCUT2D eigenvalue weighted by atomic mass is 10.1. The van der Waals surface area contributed by atoms with Crippen molar-refractivity contribution >= 4 is 5.82 Å². The van der Waals surface area contributed by atoms with E-state index in [0.717, 1.165) is 6.42 Å². The molecule has 0 radical (unpaired) electrons. The number of anilines is 1. The number of rotatable bonds is 4. The molecule has 0 atom stereocenters. The molecule has 4 nitrogen and oxygen atoms in total. The molecule has 7 heteroatoms. The summed E-state index contributed by atoms with van der Waals surface area (Å²) in [5, 5.41) is 0. The van der Waals surface area contributed by atoms with Gasteiger partial charge in [-0.1, -0.05) is 25.5 Å². The van der Waals surface area contributed by atoms with Crippen LogP contribution in [0.5, 0.6) is 5.75 Å². The molecule has 21 heavy (non-hydrogen) atoms. The number of nitrogens with two attached hydrogens (primary N) is 1. The van der Waals surface area contributed by atoms with Gasteiger partial charge in [-0.05, 0) is 18.6 Å². The Kier molecular flexibility index (Phi) is 4.30. The van der Waals surface area contributed by atoms with Crippen molar-refractivity contribution < 1.29 is 17.9 Å².